The SMILES string of the molecule is C=C/C(=C\C)COCC1CNCCO1.CC. The highest BCUT2D eigenvalue weighted by Gasteiger charge is 2.12. The van der Waals surface area contributed by atoms with Gasteiger partial charge in [0.05, 0.1) is 25.9 Å². The molecule has 1 saturated heterocycles. The molecule has 3 heteroatoms. The van der Waals surface area contributed by atoms with Crippen molar-refractivity contribution in [1.82, 2.24) is 5.32 Å². The van der Waals surface area contributed by atoms with Crippen molar-refractivity contribution in [3.05, 3.63) is 24.3 Å². The highest BCUT2D eigenvalue weighted by atomic mass is 16.5. The van der Waals surface area contributed by atoms with Crippen LogP contribution in [-0.4, -0.2) is 39.0 Å². The van der Waals surface area contributed by atoms with E-state index >= 15 is 0 Å². The Morgan fingerprint density at radius 2 is 2.31 bits per heavy atom. The summed E-state index contributed by atoms with van der Waals surface area (Å²) in [7, 11) is 0. The van der Waals surface area contributed by atoms with Crippen LogP contribution in [0.3, 0.4) is 0 Å². The molecule has 0 aliphatic carbocycles. The van der Waals surface area contributed by atoms with Crippen LogP contribution in [-0.2, 0) is 9.47 Å². The van der Waals surface area contributed by atoms with Crippen LogP contribution in [0.25, 0.3) is 0 Å². The molecule has 16 heavy (non-hydrogen) atoms. The summed E-state index contributed by atoms with van der Waals surface area (Å²) in [5.41, 5.74) is 1.12. The zero-order valence-corrected chi connectivity index (χ0v) is 10.8. The fraction of sp³-hybridized carbons (Fsp3) is 0.692. The molecule has 0 aromatic heterocycles. The van der Waals surface area contributed by atoms with Crippen LogP contribution >= 0.6 is 0 Å². The molecule has 94 valence electrons. The van der Waals surface area contributed by atoms with Gasteiger partial charge in [0.2, 0.25) is 0 Å². The van der Waals surface area contributed by atoms with Crippen molar-refractivity contribution in [3.63, 3.8) is 0 Å². The van der Waals surface area contributed by atoms with Crippen LogP contribution in [0, 0.1) is 0 Å². The van der Waals surface area contributed by atoms with Crippen LogP contribution in [0.1, 0.15) is 20.8 Å². The zero-order chi connectivity index (χ0) is 12.2. The summed E-state index contributed by atoms with van der Waals surface area (Å²) in [6.07, 6.45) is 4.03. The molecule has 0 aromatic rings. The second kappa shape index (κ2) is 10.9. The van der Waals surface area contributed by atoms with Crippen molar-refractivity contribution in [1.29, 1.82) is 0 Å². The normalized spacial score (nSPS) is 20.9. The minimum Gasteiger partial charge on any atom is -0.374 e. The lowest BCUT2D eigenvalue weighted by atomic mass is 10.2. The number of hydrogen-bond acceptors (Lipinski definition) is 3. The smallest absolute Gasteiger partial charge is 0.0933 e. The Kier molecular flexibility index (Phi) is 10.4. The average molecular weight is 227 g/mol. The van der Waals surface area contributed by atoms with E-state index in [-0.39, 0.29) is 6.10 Å². The van der Waals surface area contributed by atoms with Crippen molar-refractivity contribution in [3.8, 4) is 0 Å². The van der Waals surface area contributed by atoms with Gasteiger partial charge < -0.3 is 14.8 Å². The van der Waals surface area contributed by atoms with Gasteiger partial charge in [-0.15, -0.1) is 0 Å². The molecular formula is C13H25NO2. The molecular weight excluding hydrogens is 202 g/mol. The number of morpholine rings is 1. The summed E-state index contributed by atoms with van der Waals surface area (Å²) in [5, 5.41) is 3.26. The average Bonchev–Trinajstić information content (AvgIpc) is 2.38. The Bertz CT molecular complexity index is 196. The minimum absolute atomic E-state index is 0.201. The van der Waals surface area contributed by atoms with E-state index in [9.17, 15) is 0 Å². The van der Waals surface area contributed by atoms with Crippen molar-refractivity contribution in [2.75, 3.05) is 32.9 Å². The van der Waals surface area contributed by atoms with Gasteiger partial charge in [-0.25, -0.2) is 0 Å². The molecule has 0 spiro atoms. The van der Waals surface area contributed by atoms with Gasteiger partial charge in [-0.05, 0) is 12.5 Å². The monoisotopic (exact) mass is 227 g/mol. The Morgan fingerprint density at radius 3 is 2.81 bits per heavy atom. The second-order valence-corrected chi connectivity index (χ2v) is 3.28. The topological polar surface area (TPSA) is 30.5 Å². The van der Waals surface area contributed by atoms with Crippen molar-refractivity contribution < 1.29 is 9.47 Å². The third-order valence-corrected chi connectivity index (χ3v) is 2.21. The number of rotatable bonds is 5. The lowest BCUT2D eigenvalue weighted by molar-refractivity contribution is -0.0265. The van der Waals surface area contributed by atoms with Gasteiger partial charge in [-0.3, -0.25) is 0 Å². The van der Waals surface area contributed by atoms with Crippen molar-refractivity contribution >= 4 is 0 Å². The van der Waals surface area contributed by atoms with Crippen LogP contribution < -0.4 is 5.32 Å². The Labute approximate surface area is 99.5 Å². The molecule has 0 amide bonds. The molecule has 1 unspecified atom stereocenters. The van der Waals surface area contributed by atoms with Gasteiger partial charge in [-0.1, -0.05) is 32.6 Å². The molecule has 1 rings (SSSR count). The lowest BCUT2D eigenvalue weighted by Gasteiger charge is -2.23. The van der Waals surface area contributed by atoms with Gasteiger partial charge in [0, 0.05) is 13.1 Å². The Morgan fingerprint density at radius 1 is 1.56 bits per heavy atom. The summed E-state index contributed by atoms with van der Waals surface area (Å²) in [4.78, 5) is 0. The van der Waals surface area contributed by atoms with Crippen LogP contribution in [0.2, 0.25) is 0 Å². The van der Waals surface area contributed by atoms with Crippen LogP contribution in [0.15, 0.2) is 24.3 Å². The van der Waals surface area contributed by atoms with Gasteiger partial charge in [0.15, 0.2) is 0 Å². The first kappa shape index (κ1) is 15.4. The molecule has 3 nitrogen and oxygen atoms in total. The van der Waals surface area contributed by atoms with Crippen LogP contribution in [0.5, 0.6) is 0 Å². The van der Waals surface area contributed by atoms with E-state index in [1.807, 2.05) is 32.9 Å². The predicted octanol–water partition coefficient (Wildman–Crippen LogP) is 2.15. The van der Waals surface area contributed by atoms with E-state index in [0.717, 1.165) is 25.3 Å². The number of ether oxygens (including phenoxy) is 2. The van der Waals surface area contributed by atoms with Gasteiger partial charge in [-0.2, -0.15) is 0 Å². The molecule has 1 aliphatic heterocycles. The molecule has 1 N–H and O–H groups in total. The highest BCUT2D eigenvalue weighted by molar-refractivity contribution is 5.15. The summed E-state index contributed by atoms with van der Waals surface area (Å²) in [5.74, 6) is 0. The largest absolute Gasteiger partial charge is 0.374 e. The fourth-order valence-electron chi connectivity index (χ4n) is 1.30. The first-order valence-electron chi connectivity index (χ1n) is 6.04. The molecule has 0 radical (unpaired) electrons. The van der Waals surface area contributed by atoms with Crippen molar-refractivity contribution in [2.45, 2.75) is 26.9 Å². The summed E-state index contributed by atoms with van der Waals surface area (Å²) in [6, 6.07) is 0. The van der Waals surface area contributed by atoms with Crippen LogP contribution in [0.4, 0.5) is 0 Å². The Hall–Kier alpha value is -0.640. The molecule has 1 atom stereocenters. The predicted molar refractivity (Wildman–Crippen MR) is 68.7 cm³/mol. The van der Waals surface area contributed by atoms with E-state index in [0.29, 0.717) is 13.2 Å². The summed E-state index contributed by atoms with van der Waals surface area (Å²) >= 11 is 0. The molecule has 1 fully saturated rings. The first-order valence-corrected chi connectivity index (χ1v) is 6.04. The third-order valence-electron chi connectivity index (χ3n) is 2.21. The fourth-order valence-corrected chi connectivity index (χ4v) is 1.30. The van der Waals surface area contributed by atoms with E-state index in [2.05, 4.69) is 11.9 Å². The van der Waals surface area contributed by atoms with Crippen molar-refractivity contribution in [2.24, 2.45) is 0 Å². The number of nitrogens with one attached hydrogen (secondary N) is 1. The van der Waals surface area contributed by atoms with Gasteiger partial charge in [0.1, 0.15) is 0 Å². The number of allylic oxidation sites excluding steroid dienone is 1. The highest BCUT2D eigenvalue weighted by Crippen LogP contribution is 2.00. The molecule has 0 aromatic carbocycles. The molecule has 1 aliphatic rings. The first-order chi connectivity index (χ1) is 7.86. The molecule has 1 heterocycles. The quantitative estimate of drug-likeness (QED) is 0.730. The second-order valence-electron chi connectivity index (χ2n) is 3.28. The zero-order valence-electron chi connectivity index (χ0n) is 10.8. The Balaban J connectivity index is 0.00000106. The third kappa shape index (κ3) is 6.77. The standard InChI is InChI=1S/C11H19NO2.C2H6/c1-3-10(4-2)8-13-9-11-7-12-5-6-14-11;1-2/h3-4,11-12H,1,5-9H2,2H3;1-2H3/b10-4+;. The molecule has 0 bridgehead atoms. The van der Waals surface area contributed by atoms with E-state index in [1.165, 1.54) is 0 Å². The summed E-state index contributed by atoms with van der Waals surface area (Å²) in [6.45, 7) is 13.6. The molecule has 0 saturated carbocycles. The van der Waals surface area contributed by atoms with Gasteiger partial charge in [0.25, 0.3) is 0 Å². The van der Waals surface area contributed by atoms with E-state index < -0.39 is 0 Å². The maximum Gasteiger partial charge on any atom is 0.0933 e. The lowest BCUT2D eigenvalue weighted by Crippen LogP contribution is -2.41. The van der Waals surface area contributed by atoms with E-state index in [4.69, 9.17) is 9.47 Å². The number of hydrogen-bond donors (Lipinski definition) is 1. The summed E-state index contributed by atoms with van der Waals surface area (Å²) < 4.78 is 11.0. The van der Waals surface area contributed by atoms with Gasteiger partial charge >= 0.3 is 0 Å². The maximum absolute atomic E-state index is 5.51. The maximum atomic E-state index is 5.51. The van der Waals surface area contributed by atoms with E-state index in [1.54, 1.807) is 0 Å². The minimum atomic E-state index is 0.201.